The smallest absolute Gasteiger partial charge is 0.255 e. The van der Waals surface area contributed by atoms with Crippen LogP contribution in [-0.2, 0) is 9.59 Å². The average Bonchev–Trinajstić information content (AvgIpc) is 2.33. The number of hydrogen-bond acceptors (Lipinski definition) is 4. The van der Waals surface area contributed by atoms with Crippen molar-refractivity contribution in [3.05, 3.63) is 29.8 Å². The van der Waals surface area contributed by atoms with Gasteiger partial charge in [-0.05, 0) is 13.0 Å². The van der Waals surface area contributed by atoms with Crippen molar-refractivity contribution in [1.82, 2.24) is 15.2 Å². The van der Waals surface area contributed by atoms with E-state index in [0.29, 0.717) is 0 Å². The van der Waals surface area contributed by atoms with Crippen LogP contribution in [0.4, 0.5) is 4.39 Å². The first-order chi connectivity index (χ1) is 8.49. The van der Waals surface area contributed by atoms with Crippen LogP contribution in [0.5, 0.6) is 0 Å². The van der Waals surface area contributed by atoms with Crippen LogP contribution in [0.3, 0.4) is 0 Å². The number of carbonyl (C=O) groups excluding carboxylic acids is 3. The number of nitrogens with one attached hydrogen (secondary N) is 1. The van der Waals surface area contributed by atoms with Gasteiger partial charge in [0.2, 0.25) is 17.8 Å². The Morgan fingerprint density at radius 2 is 2.28 bits per heavy atom. The summed E-state index contributed by atoms with van der Waals surface area (Å²) in [5.41, 5.74) is 0.0526. The number of aromatic nitrogens is 1. The van der Waals surface area contributed by atoms with Crippen LogP contribution in [0.2, 0.25) is 0 Å². The lowest BCUT2D eigenvalue weighted by Gasteiger charge is -2.31. The van der Waals surface area contributed by atoms with Crippen LogP contribution >= 0.6 is 0 Å². The van der Waals surface area contributed by atoms with Gasteiger partial charge in [-0.2, -0.15) is 4.39 Å². The van der Waals surface area contributed by atoms with Crippen molar-refractivity contribution in [2.45, 2.75) is 13.0 Å². The van der Waals surface area contributed by atoms with E-state index >= 15 is 0 Å². The molecule has 2 heterocycles. The summed E-state index contributed by atoms with van der Waals surface area (Å²) in [5.74, 6) is -2.47. The molecule has 1 aliphatic heterocycles. The third kappa shape index (κ3) is 2.20. The molecule has 1 aromatic heterocycles. The van der Waals surface area contributed by atoms with Crippen LogP contribution in [0.1, 0.15) is 17.3 Å². The Morgan fingerprint density at radius 1 is 1.56 bits per heavy atom. The first-order valence-electron chi connectivity index (χ1n) is 5.25. The molecule has 0 saturated carbocycles. The number of rotatable bonds is 1. The highest BCUT2D eigenvalue weighted by Gasteiger charge is 2.34. The molecule has 1 fully saturated rings. The summed E-state index contributed by atoms with van der Waals surface area (Å²) in [6.45, 7) is 1.27. The topological polar surface area (TPSA) is 79.4 Å². The molecule has 3 amide bonds. The Hall–Kier alpha value is -2.31. The number of imide groups is 1. The van der Waals surface area contributed by atoms with Crippen molar-refractivity contribution in [1.29, 1.82) is 0 Å². The number of amides is 3. The van der Waals surface area contributed by atoms with Gasteiger partial charge in [0, 0.05) is 17.8 Å². The molecule has 0 aromatic carbocycles. The minimum Gasteiger partial charge on any atom is -0.318 e. The number of halogens is 1. The molecular weight excluding hydrogens is 241 g/mol. The molecule has 0 spiro atoms. The van der Waals surface area contributed by atoms with Crippen molar-refractivity contribution in [3.8, 4) is 0 Å². The van der Waals surface area contributed by atoms with Crippen LogP contribution in [-0.4, -0.2) is 40.2 Å². The van der Waals surface area contributed by atoms with E-state index in [1.54, 1.807) is 0 Å². The predicted octanol–water partition coefficient (Wildman–Crippen LogP) is -0.292. The van der Waals surface area contributed by atoms with Crippen molar-refractivity contribution < 1.29 is 18.8 Å². The maximum atomic E-state index is 12.9. The van der Waals surface area contributed by atoms with Crippen molar-refractivity contribution in [2.24, 2.45) is 0 Å². The van der Waals surface area contributed by atoms with Crippen molar-refractivity contribution in [2.75, 3.05) is 6.54 Å². The molecule has 1 aliphatic rings. The predicted molar refractivity (Wildman–Crippen MR) is 57.8 cm³/mol. The molecule has 1 aromatic rings. The van der Waals surface area contributed by atoms with Crippen LogP contribution < -0.4 is 5.32 Å². The van der Waals surface area contributed by atoms with Crippen LogP contribution in [0.25, 0.3) is 0 Å². The number of pyridine rings is 1. The summed E-state index contributed by atoms with van der Waals surface area (Å²) < 4.78 is 12.9. The molecule has 1 atom stereocenters. The minimum absolute atomic E-state index is 0.0526. The molecule has 2 rings (SSSR count). The fraction of sp³-hybridized carbons (Fsp3) is 0.273. The largest absolute Gasteiger partial charge is 0.318 e. The second kappa shape index (κ2) is 4.52. The third-order valence-corrected chi connectivity index (χ3v) is 2.66. The number of nitrogens with zero attached hydrogens (tertiary/aromatic N) is 2. The standard InChI is InChI=1S/C11H10FN3O3/c1-6-10(17)14-9(16)5-15(6)11(18)7-2-3-13-8(12)4-7/h2-4,6H,5H2,1H3,(H,14,16,17). The zero-order valence-corrected chi connectivity index (χ0v) is 9.51. The van der Waals surface area contributed by atoms with E-state index in [9.17, 15) is 18.8 Å². The molecule has 0 bridgehead atoms. The van der Waals surface area contributed by atoms with Gasteiger partial charge < -0.3 is 4.90 Å². The van der Waals surface area contributed by atoms with E-state index in [0.717, 1.165) is 17.2 Å². The van der Waals surface area contributed by atoms with Gasteiger partial charge in [-0.15, -0.1) is 0 Å². The second-order valence-corrected chi connectivity index (χ2v) is 3.89. The highest BCUT2D eigenvalue weighted by atomic mass is 19.1. The molecule has 7 heteroatoms. The summed E-state index contributed by atoms with van der Waals surface area (Å²) in [6, 6.07) is 1.52. The van der Waals surface area contributed by atoms with Gasteiger partial charge in [0.05, 0.1) is 0 Å². The minimum atomic E-state index is -0.790. The maximum absolute atomic E-state index is 12.9. The number of hydrogen-bond donors (Lipinski definition) is 1. The fourth-order valence-electron chi connectivity index (χ4n) is 1.66. The summed E-state index contributed by atoms with van der Waals surface area (Å²) in [5, 5.41) is 2.12. The molecule has 1 N–H and O–H groups in total. The molecule has 0 radical (unpaired) electrons. The van der Waals surface area contributed by atoms with E-state index in [2.05, 4.69) is 10.3 Å². The molecule has 94 valence electrons. The highest BCUT2D eigenvalue weighted by molar-refractivity contribution is 6.07. The molecular formula is C11H10FN3O3. The van der Waals surface area contributed by atoms with E-state index in [-0.39, 0.29) is 12.1 Å². The molecule has 1 unspecified atom stereocenters. The lowest BCUT2D eigenvalue weighted by Crippen LogP contribution is -2.58. The quantitative estimate of drug-likeness (QED) is 0.549. The third-order valence-electron chi connectivity index (χ3n) is 2.66. The van der Waals surface area contributed by atoms with Gasteiger partial charge in [-0.1, -0.05) is 0 Å². The molecule has 1 saturated heterocycles. The maximum Gasteiger partial charge on any atom is 0.255 e. The van der Waals surface area contributed by atoms with Gasteiger partial charge in [0.25, 0.3) is 5.91 Å². The second-order valence-electron chi connectivity index (χ2n) is 3.89. The lowest BCUT2D eigenvalue weighted by atomic mass is 10.1. The Kier molecular flexibility index (Phi) is 3.05. The highest BCUT2D eigenvalue weighted by Crippen LogP contribution is 2.11. The monoisotopic (exact) mass is 251 g/mol. The van der Waals surface area contributed by atoms with Gasteiger partial charge in [0.1, 0.15) is 12.6 Å². The first-order valence-corrected chi connectivity index (χ1v) is 5.25. The van der Waals surface area contributed by atoms with Gasteiger partial charge in [-0.25, -0.2) is 4.98 Å². The first kappa shape index (κ1) is 12.2. The Balaban J connectivity index is 2.27. The van der Waals surface area contributed by atoms with E-state index in [4.69, 9.17) is 0 Å². The number of piperazine rings is 1. The van der Waals surface area contributed by atoms with E-state index < -0.39 is 29.7 Å². The fourth-order valence-corrected chi connectivity index (χ4v) is 1.66. The SMILES string of the molecule is CC1C(=O)NC(=O)CN1C(=O)c1ccnc(F)c1. The van der Waals surface area contributed by atoms with Crippen molar-refractivity contribution >= 4 is 17.7 Å². The van der Waals surface area contributed by atoms with Crippen LogP contribution in [0, 0.1) is 5.95 Å². The normalized spacial score (nSPS) is 19.7. The summed E-state index contributed by atoms with van der Waals surface area (Å²) in [6.07, 6.45) is 1.15. The zero-order chi connectivity index (χ0) is 13.3. The summed E-state index contributed by atoms with van der Waals surface area (Å²) >= 11 is 0. The number of carbonyl (C=O) groups is 3. The van der Waals surface area contributed by atoms with Crippen molar-refractivity contribution in [3.63, 3.8) is 0 Å². The molecule has 6 nitrogen and oxygen atoms in total. The Bertz CT molecular complexity index is 532. The zero-order valence-electron chi connectivity index (χ0n) is 9.51. The Morgan fingerprint density at radius 3 is 2.94 bits per heavy atom. The Labute approximate surface area is 102 Å². The van der Waals surface area contributed by atoms with E-state index in [1.165, 1.54) is 13.0 Å². The van der Waals surface area contributed by atoms with Gasteiger partial charge in [0.15, 0.2) is 0 Å². The average molecular weight is 251 g/mol. The summed E-state index contributed by atoms with van der Waals surface area (Å²) in [7, 11) is 0. The molecule has 18 heavy (non-hydrogen) atoms. The summed E-state index contributed by atoms with van der Waals surface area (Å²) in [4.78, 5) is 39.1. The van der Waals surface area contributed by atoms with Gasteiger partial charge in [-0.3, -0.25) is 19.7 Å². The van der Waals surface area contributed by atoms with Crippen LogP contribution in [0.15, 0.2) is 18.3 Å². The van der Waals surface area contributed by atoms with Gasteiger partial charge >= 0.3 is 0 Å². The molecule has 0 aliphatic carbocycles. The van der Waals surface area contributed by atoms with E-state index in [1.807, 2.05) is 0 Å². The lowest BCUT2D eigenvalue weighted by molar-refractivity contribution is -0.138.